The van der Waals surface area contributed by atoms with E-state index in [0.717, 1.165) is 48.1 Å². The van der Waals surface area contributed by atoms with Crippen molar-refractivity contribution in [1.29, 1.82) is 0 Å². The van der Waals surface area contributed by atoms with Gasteiger partial charge in [-0.25, -0.2) is 0 Å². The number of methoxy groups -OCH3 is 1. The topological polar surface area (TPSA) is 55.4 Å². The molecule has 0 bridgehead atoms. The summed E-state index contributed by atoms with van der Waals surface area (Å²) in [7, 11) is 1.46. The lowest BCUT2D eigenvalue weighted by Gasteiger charge is -2.56. The van der Waals surface area contributed by atoms with Gasteiger partial charge in [-0.05, 0) is 98.6 Å². The molecule has 5 heteroatoms. The first-order valence-electron chi connectivity index (χ1n) is 12.8. The molecular weight excluding hydrogens is 466 g/mol. The number of ether oxygens (including phenoxy) is 1. The molecule has 0 unspecified atom stereocenters. The van der Waals surface area contributed by atoms with Crippen molar-refractivity contribution in [2.24, 2.45) is 11.3 Å². The molecule has 2 aromatic carbocycles. The lowest BCUT2D eigenvalue weighted by Crippen LogP contribution is -2.57. The quantitative estimate of drug-likeness (QED) is 0.382. The molecule has 1 heterocycles. The van der Waals surface area contributed by atoms with Gasteiger partial charge in [0.15, 0.2) is 0 Å². The van der Waals surface area contributed by atoms with Crippen molar-refractivity contribution in [3.05, 3.63) is 80.0 Å². The second kappa shape index (κ2) is 9.51. The van der Waals surface area contributed by atoms with Crippen molar-refractivity contribution >= 4 is 23.2 Å². The van der Waals surface area contributed by atoms with Crippen LogP contribution in [0.5, 0.6) is 0 Å². The number of hydrogen-bond donors (Lipinski definition) is 1. The minimum absolute atomic E-state index is 0.0430. The summed E-state index contributed by atoms with van der Waals surface area (Å²) in [5.41, 5.74) is 8.47. The number of aryl methyl sites for hydroxylation is 4. The molecule has 0 saturated heterocycles. The van der Waals surface area contributed by atoms with Crippen molar-refractivity contribution in [3.63, 3.8) is 0 Å². The predicted molar refractivity (Wildman–Crippen MR) is 146 cm³/mol. The zero-order valence-electron chi connectivity index (χ0n) is 21.9. The first kappa shape index (κ1) is 24.8. The highest BCUT2D eigenvalue weighted by Crippen LogP contribution is 2.59. The standard InChI is InChI=1S/C31H35NO3S/c1-18-6-9-24(12-19(18)2)23-10-7-22(8-11-23)13-27-20(3)36-21(4)28(27)29(33)32-26-16-31(17-26)14-25(15-31)30(34)35-5/h6-12,25-26H,13-17H2,1-5H3,(H,32,33). The molecule has 2 saturated carbocycles. The largest absolute Gasteiger partial charge is 0.469 e. The third-order valence-electron chi connectivity index (χ3n) is 8.37. The summed E-state index contributed by atoms with van der Waals surface area (Å²) in [6.45, 7) is 8.45. The van der Waals surface area contributed by atoms with Gasteiger partial charge in [-0.1, -0.05) is 42.5 Å². The van der Waals surface area contributed by atoms with Crippen LogP contribution in [0.1, 0.15) is 68.0 Å². The van der Waals surface area contributed by atoms with Gasteiger partial charge in [-0.2, -0.15) is 0 Å². The number of hydrogen-bond acceptors (Lipinski definition) is 4. The van der Waals surface area contributed by atoms with E-state index in [2.05, 4.69) is 68.6 Å². The summed E-state index contributed by atoms with van der Waals surface area (Å²) in [6.07, 6.45) is 4.47. The molecule has 1 amide bonds. The molecule has 0 aliphatic heterocycles. The van der Waals surface area contributed by atoms with Crippen molar-refractivity contribution in [1.82, 2.24) is 5.32 Å². The number of esters is 1. The van der Waals surface area contributed by atoms with Crippen molar-refractivity contribution in [2.75, 3.05) is 7.11 Å². The summed E-state index contributed by atoms with van der Waals surface area (Å²) in [6, 6.07) is 15.5. The first-order valence-corrected chi connectivity index (χ1v) is 13.6. The van der Waals surface area contributed by atoms with Crippen LogP contribution in [0, 0.1) is 39.0 Å². The van der Waals surface area contributed by atoms with Crippen LogP contribution in [0.15, 0.2) is 42.5 Å². The van der Waals surface area contributed by atoms with Gasteiger partial charge in [0.2, 0.25) is 0 Å². The zero-order valence-corrected chi connectivity index (χ0v) is 22.7. The van der Waals surface area contributed by atoms with E-state index in [1.165, 1.54) is 39.8 Å². The van der Waals surface area contributed by atoms with E-state index in [4.69, 9.17) is 4.74 Å². The number of carbonyl (C=O) groups excluding carboxylic acids is 2. The van der Waals surface area contributed by atoms with Crippen LogP contribution < -0.4 is 5.32 Å². The third kappa shape index (κ3) is 4.61. The van der Waals surface area contributed by atoms with Crippen LogP contribution in [-0.2, 0) is 16.0 Å². The van der Waals surface area contributed by atoms with E-state index in [0.29, 0.717) is 0 Å². The molecule has 0 atom stereocenters. The Morgan fingerprint density at radius 2 is 1.58 bits per heavy atom. The molecule has 188 valence electrons. The molecule has 0 radical (unpaired) electrons. The van der Waals surface area contributed by atoms with E-state index in [9.17, 15) is 9.59 Å². The van der Waals surface area contributed by atoms with Gasteiger partial charge in [0, 0.05) is 15.8 Å². The SMILES string of the molecule is COC(=O)C1CC2(CC(NC(=O)c3c(C)sc(C)c3Cc3ccc(-c4ccc(C)c(C)c4)cc3)C2)C1. The molecule has 1 aromatic heterocycles. The minimum atomic E-state index is -0.0934. The summed E-state index contributed by atoms with van der Waals surface area (Å²) in [5.74, 6) is -0.00660. The lowest BCUT2D eigenvalue weighted by atomic mass is 9.50. The minimum Gasteiger partial charge on any atom is -0.469 e. The van der Waals surface area contributed by atoms with Gasteiger partial charge in [0.1, 0.15) is 0 Å². The van der Waals surface area contributed by atoms with Crippen LogP contribution in [0.25, 0.3) is 11.1 Å². The van der Waals surface area contributed by atoms with Crippen LogP contribution in [0.3, 0.4) is 0 Å². The number of thiophene rings is 1. The van der Waals surface area contributed by atoms with Crippen molar-refractivity contribution < 1.29 is 14.3 Å². The average Bonchev–Trinajstić information content (AvgIpc) is 3.08. The van der Waals surface area contributed by atoms with Gasteiger partial charge in [0.05, 0.1) is 18.6 Å². The first-order chi connectivity index (χ1) is 17.2. The maximum absolute atomic E-state index is 13.3. The van der Waals surface area contributed by atoms with Crippen molar-refractivity contribution in [2.45, 2.75) is 65.8 Å². The van der Waals surface area contributed by atoms with Gasteiger partial charge < -0.3 is 10.1 Å². The second-order valence-electron chi connectivity index (χ2n) is 10.9. The summed E-state index contributed by atoms with van der Waals surface area (Å²) >= 11 is 1.71. The average molecular weight is 502 g/mol. The fourth-order valence-corrected chi connectivity index (χ4v) is 7.25. The normalized spacial score (nSPS) is 22.6. The van der Waals surface area contributed by atoms with Crippen LogP contribution in [0.2, 0.25) is 0 Å². The van der Waals surface area contributed by atoms with Crippen LogP contribution in [-0.4, -0.2) is 25.0 Å². The fourth-order valence-electron chi connectivity index (χ4n) is 6.18. The maximum Gasteiger partial charge on any atom is 0.308 e. The Bertz CT molecular complexity index is 1310. The summed E-state index contributed by atoms with van der Waals surface area (Å²) in [4.78, 5) is 27.4. The van der Waals surface area contributed by atoms with Gasteiger partial charge in [0.25, 0.3) is 5.91 Å². The van der Waals surface area contributed by atoms with E-state index in [1.807, 2.05) is 6.92 Å². The van der Waals surface area contributed by atoms with E-state index < -0.39 is 0 Å². The van der Waals surface area contributed by atoms with E-state index >= 15 is 0 Å². The predicted octanol–water partition coefficient (Wildman–Crippen LogP) is 6.70. The number of benzene rings is 2. The third-order valence-corrected chi connectivity index (χ3v) is 9.44. The molecule has 1 spiro atoms. The Hall–Kier alpha value is -2.92. The Labute approximate surface area is 218 Å². The van der Waals surface area contributed by atoms with Crippen molar-refractivity contribution in [3.8, 4) is 11.1 Å². The number of carbonyl (C=O) groups is 2. The molecule has 36 heavy (non-hydrogen) atoms. The Kier molecular flexibility index (Phi) is 6.54. The monoisotopic (exact) mass is 501 g/mol. The number of nitrogens with one attached hydrogen (secondary N) is 1. The molecule has 2 aliphatic carbocycles. The van der Waals surface area contributed by atoms with Crippen LogP contribution in [0.4, 0.5) is 0 Å². The highest BCUT2D eigenvalue weighted by Gasteiger charge is 2.55. The van der Waals surface area contributed by atoms with Gasteiger partial charge in [-0.3, -0.25) is 9.59 Å². The van der Waals surface area contributed by atoms with E-state index in [1.54, 1.807) is 11.3 Å². The Morgan fingerprint density at radius 1 is 0.917 bits per heavy atom. The van der Waals surface area contributed by atoms with Gasteiger partial charge in [-0.15, -0.1) is 11.3 Å². The van der Waals surface area contributed by atoms with Crippen LogP contribution >= 0.6 is 11.3 Å². The molecule has 2 fully saturated rings. The highest BCUT2D eigenvalue weighted by molar-refractivity contribution is 7.12. The molecule has 2 aliphatic rings. The Balaban J connectivity index is 1.24. The zero-order chi connectivity index (χ0) is 25.6. The smallest absolute Gasteiger partial charge is 0.308 e. The van der Waals surface area contributed by atoms with Gasteiger partial charge >= 0.3 is 5.97 Å². The molecule has 4 nitrogen and oxygen atoms in total. The molecular formula is C31H35NO3S. The molecule has 1 N–H and O–H groups in total. The number of amides is 1. The summed E-state index contributed by atoms with van der Waals surface area (Å²) in [5, 5.41) is 3.29. The second-order valence-corrected chi connectivity index (χ2v) is 12.4. The number of rotatable bonds is 6. The fraction of sp³-hybridized carbons (Fsp3) is 0.419. The highest BCUT2D eigenvalue weighted by atomic mass is 32.1. The maximum atomic E-state index is 13.3. The molecule has 3 aromatic rings. The summed E-state index contributed by atoms with van der Waals surface area (Å²) < 4.78 is 4.87. The van der Waals surface area contributed by atoms with E-state index in [-0.39, 0.29) is 29.3 Å². The lowest BCUT2D eigenvalue weighted by molar-refractivity contribution is -0.159. The Morgan fingerprint density at radius 3 is 2.22 bits per heavy atom. The molecule has 5 rings (SSSR count).